The highest BCUT2D eigenvalue weighted by Crippen LogP contribution is 2.20. The highest BCUT2D eigenvalue weighted by Gasteiger charge is 2.24. The van der Waals surface area contributed by atoms with Crippen LogP contribution in [-0.4, -0.2) is 46.9 Å². The Morgan fingerprint density at radius 2 is 0.646 bits per heavy atom. The minimum Gasteiger partial charge on any atom is -0.462 e. The summed E-state index contributed by atoms with van der Waals surface area (Å²) >= 11 is 0. The first-order valence-electron chi connectivity index (χ1n) is 29.8. The van der Waals surface area contributed by atoms with Gasteiger partial charge in [0.25, 0.3) is 0 Å². The topological polar surface area (TPSA) is 95.9 Å². The van der Waals surface area contributed by atoms with E-state index in [-0.39, 0.29) is 24.9 Å². The van der Waals surface area contributed by atoms with Crippen LogP contribution in [0.15, 0.2) is 0 Å². The van der Waals surface area contributed by atoms with Crippen molar-refractivity contribution in [1.82, 2.24) is 5.32 Å². The van der Waals surface area contributed by atoms with Crippen molar-refractivity contribution < 1.29 is 24.5 Å². The van der Waals surface area contributed by atoms with E-state index in [4.69, 9.17) is 4.74 Å². The van der Waals surface area contributed by atoms with Crippen LogP contribution in [0.25, 0.3) is 0 Å². The number of amides is 1. The standard InChI is InChI=1S/C59H117NO5/c1-4-7-10-13-16-19-22-25-28-29-31-32-35-38-41-44-47-50-55(65-59(64)52-49-46-43-40-37-34-27-24-21-18-15-12-9-6-3)53-58(63)60-56(54-61)57(62)51-48-45-42-39-36-33-30-26-23-20-17-14-11-8-5-2/h55-57,61-62H,4-54H2,1-3H3,(H,60,63). The van der Waals surface area contributed by atoms with Gasteiger partial charge in [-0.2, -0.15) is 0 Å². The lowest BCUT2D eigenvalue weighted by atomic mass is 10.0. The van der Waals surface area contributed by atoms with Gasteiger partial charge in [0.05, 0.1) is 25.2 Å². The van der Waals surface area contributed by atoms with E-state index >= 15 is 0 Å². The zero-order chi connectivity index (χ0) is 47.4. The maximum atomic E-state index is 13.3. The molecule has 3 atom stereocenters. The fraction of sp³-hybridized carbons (Fsp3) is 0.966. The molecule has 388 valence electrons. The monoisotopic (exact) mass is 920 g/mol. The first kappa shape index (κ1) is 63.9. The molecule has 0 radical (unpaired) electrons. The highest BCUT2D eigenvalue weighted by atomic mass is 16.5. The van der Waals surface area contributed by atoms with E-state index in [1.54, 1.807) is 0 Å². The SMILES string of the molecule is CCCCCCCCCCCCCCCCCCCC(CC(=O)NC(CO)C(O)CCCCCCCCCCCCCCCCC)OC(=O)CCCCCCCCCCCCCCCC. The van der Waals surface area contributed by atoms with E-state index in [1.807, 2.05) is 0 Å². The minimum absolute atomic E-state index is 0.0888. The second kappa shape index (κ2) is 53.8. The van der Waals surface area contributed by atoms with Crippen LogP contribution < -0.4 is 5.32 Å². The molecule has 0 aromatic heterocycles. The van der Waals surface area contributed by atoms with Crippen LogP contribution in [-0.2, 0) is 14.3 Å². The van der Waals surface area contributed by atoms with Gasteiger partial charge < -0.3 is 20.3 Å². The van der Waals surface area contributed by atoms with Crippen LogP contribution in [0.2, 0.25) is 0 Å². The summed E-state index contributed by atoms with van der Waals surface area (Å²) in [6.07, 6.45) is 60.3. The molecule has 3 unspecified atom stereocenters. The van der Waals surface area contributed by atoms with Crippen molar-refractivity contribution in [1.29, 1.82) is 0 Å². The van der Waals surface area contributed by atoms with Crippen molar-refractivity contribution in [3.63, 3.8) is 0 Å². The predicted molar refractivity (Wildman–Crippen MR) is 283 cm³/mol. The molecule has 0 aliphatic carbocycles. The first-order chi connectivity index (χ1) is 32.0. The van der Waals surface area contributed by atoms with E-state index in [0.717, 1.165) is 38.5 Å². The molecule has 65 heavy (non-hydrogen) atoms. The normalized spacial score (nSPS) is 13.0. The molecule has 6 heteroatoms. The molecule has 0 spiro atoms. The molecule has 0 bridgehead atoms. The van der Waals surface area contributed by atoms with Crippen molar-refractivity contribution in [2.24, 2.45) is 0 Å². The van der Waals surface area contributed by atoms with Crippen LogP contribution in [0.4, 0.5) is 0 Å². The number of carbonyl (C=O) groups is 2. The van der Waals surface area contributed by atoms with Gasteiger partial charge in [0.2, 0.25) is 5.91 Å². The third kappa shape index (κ3) is 49.1. The van der Waals surface area contributed by atoms with Crippen molar-refractivity contribution in [2.75, 3.05) is 6.61 Å². The van der Waals surface area contributed by atoms with E-state index in [1.165, 1.54) is 257 Å². The predicted octanol–water partition coefficient (Wildman–Crippen LogP) is 18.3. The highest BCUT2D eigenvalue weighted by molar-refractivity contribution is 5.77. The van der Waals surface area contributed by atoms with Crippen molar-refractivity contribution in [3.05, 3.63) is 0 Å². The maximum absolute atomic E-state index is 13.3. The molecule has 0 aromatic carbocycles. The van der Waals surface area contributed by atoms with Gasteiger partial charge in [-0.3, -0.25) is 9.59 Å². The van der Waals surface area contributed by atoms with Gasteiger partial charge >= 0.3 is 5.97 Å². The van der Waals surface area contributed by atoms with Gasteiger partial charge in [-0.1, -0.05) is 303 Å². The molecule has 0 fully saturated rings. The molecule has 6 nitrogen and oxygen atoms in total. The van der Waals surface area contributed by atoms with E-state index in [2.05, 4.69) is 26.1 Å². The summed E-state index contributed by atoms with van der Waals surface area (Å²) in [6, 6.07) is -0.693. The van der Waals surface area contributed by atoms with Crippen LogP contribution in [0, 0.1) is 0 Å². The quantitative estimate of drug-likeness (QED) is 0.0417. The average Bonchev–Trinajstić information content (AvgIpc) is 3.30. The van der Waals surface area contributed by atoms with Crippen LogP contribution in [0.3, 0.4) is 0 Å². The fourth-order valence-electron chi connectivity index (χ4n) is 9.67. The summed E-state index contributed by atoms with van der Waals surface area (Å²) in [4.78, 5) is 26.3. The van der Waals surface area contributed by atoms with Crippen molar-refractivity contribution in [2.45, 2.75) is 360 Å². The summed E-state index contributed by atoms with van der Waals surface area (Å²) in [5, 5.41) is 23.9. The van der Waals surface area contributed by atoms with Gasteiger partial charge in [-0.05, 0) is 25.7 Å². The number of ether oxygens (including phenoxy) is 1. The lowest BCUT2D eigenvalue weighted by Gasteiger charge is -2.24. The Hall–Kier alpha value is -1.14. The van der Waals surface area contributed by atoms with E-state index in [9.17, 15) is 19.8 Å². The lowest BCUT2D eigenvalue weighted by Crippen LogP contribution is -2.46. The summed E-state index contributed by atoms with van der Waals surface area (Å²) in [7, 11) is 0. The average molecular weight is 921 g/mol. The Kier molecular flexibility index (Phi) is 52.9. The number of aliphatic hydroxyl groups is 2. The Morgan fingerprint density at radius 3 is 0.938 bits per heavy atom. The number of rotatable bonds is 55. The van der Waals surface area contributed by atoms with Gasteiger partial charge in [0, 0.05) is 6.42 Å². The Morgan fingerprint density at radius 1 is 0.385 bits per heavy atom. The van der Waals surface area contributed by atoms with E-state index in [0.29, 0.717) is 19.3 Å². The smallest absolute Gasteiger partial charge is 0.306 e. The largest absolute Gasteiger partial charge is 0.462 e. The zero-order valence-corrected chi connectivity index (χ0v) is 44.4. The second-order valence-electron chi connectivity index (χ2n) is 20.8. The lowest BCUT2D eigenvalue weighted by molar-refractivity contribution is -0.151. The van der Waals surface area contributed by atoms with Crippen LogP contribution in [0.5, 0.6) is 0 Å². The molecule has 0 aromatic rings. The third-order valence-electron chi connectivity index (χ3n) is 14.2. The Bertz CT molecular complexity index is 944. The van der Waals surface area contributed by atoms with Crippen LogP contribution in [0.1, 0.15) is 342 Å². The number of nitrogens with one attached hydrogen (secondary N) is 1. The minimum atomic E-state index is -0.780. The number of unbranched alkanes of at least 4 members (excludes halogenated alkanes) is 43. The molecule has 3 N–H and O–H groups in total. The van der Waals surface area contributed by atoms with E-state index < -0.39 is 18.2 Å². The van der Waals surface area contributed by atoms with Gasteiger partial charge in [0.1, 0.15) is 6.10 Å². The number of carbonyl (C=O) groups excluding carboxylic acids is 2. The fourth-order valence-corrected chi connectivity index (χ4v) is 9.67. The molecular formula is C59H117NO5. The molecular weight excluding hydrogens is 803 g/mol. The number of hydrogen-bond acceptors (Lipinski definition) is 5. The van der Waals surface area contributed by atoms with Gasteiger partial charge in [0.15, 0.2) is 0 Å². The molecule has 0 saturated carbocycles. The summed E-state index contributed by atoms with van der Waals surface area (Å²) < 4.78 is 5.97. The number of aliphatic hydroxyl groups excluding tert-OH is 2. The van der Waals surface area contributed by atoms with Crippen molar-refractivity contribution >= 4 is 11.9 Å². The summed E-state index contributed by atoms with van der Waals surface area (Å²) in [5.41, 5.74) is 0. The Balaban J connectivity index is 4.48. The molecule has 1 amide bonds. The second-order valence-corrected chi connectivity index (χ2v) is 20.8. The molecule has 0 aliphatic heterocycles. The Labute approximate surface area is 406 Å². The summed E-state index contributed by atoms with van der Waals surface area (Å²) in [6.45, 7) is 6.54. The van der Waals surface area contributed by atoms with Gasteiger partial charge in [-0.25, -0.2) is 0 Å². The van der Waals surface area contributed by atoms with Crippen LogP contribution >= 0.6 is 0 Å². The molecule has 0 aliphatic rings. The first-order valence-corrected chi connectivity index (χ1v) is 29.8. The molecule has 0 heterocycles. The summed E-state index contributed by atoms with van der Waals surface area (Å²) in [5.74, 6) is -0.443. The third-order valence-corrected chi connectivity index (χ3v) is 14.2. The molecule has 0 saturated heterocycles. The van der Waals surface area contributed by atoms with Crippen molar-refractivity contribution in [3.8, 4) is 0 Å². The number of esters is 1. The zero-order valence-electron chi connectivity index (χ0n) is 44.4. The number of hydrogen-bond donors (Lipinski definition) is 3. The maximum Gasteiger partial charge on any atom is 0.306 e. The van der Waals surface area contributed by atoms with Gasteiger partial charge in [-0.15, -0.1) is 0 Å². The molecule has 0 rings (SSSR count).